The maximum atomic E-state index is 11.6. The lowest BCUT2D eigenvalue weighted by Gasteiger charge is -2.29. The number of hydrogen-bond donors (Lipinski definition) is 2. The van der Waals surface area contributed by atoms with Gasteiger partial charge in [0, 0.05) is 47.3 Å². The van der Waals surface area contributed by atoms with Crippen LogP contribution in [0.15, 0.2) is 60.8 Å². The zero-order chi connectivity index (χ0) is 35.5. The molecule has 3 aromatic heterocycles. The van der Waals surface area contributed by atoms with E-state index in [1.807, 2.05) is 60.8 Å². The molecule has 1 atom stereocenters. The van der Waals surface area contributed by atoms with Gasteiger partial charge in [-0.3, -0.25) is 19.5 Å². The highest BCUT2D eigenvalue weighted by Gasteiger charge is 2.26. The van der Waals surface area contributed by atoms with E-state index in [0.717, 1.165) is 87.5 Å². The van der Waals surface area contributed by atoms with Gasteiger partial charge in [0.05, 0.1) is 45.7 Å². The number of aliphatic carboxylic acids is 1. The van der Waals surface area contributed by atoms with Crippen molar-refractivity contribution in [2.75, 3.05) is 20.2 Å². The van der Waals surface area contributed by atoms with Gasteiger partial charge < -0.3 is 15.2 Å². The van der Waals surface area contributed by atoms with Crippen LogP contribution < -0.4 is 10.1 Å². The van der Waals surface area contributed by atoms with Gasteiger partial charge in [0.25, 0.3) is 0 Å². The Morgan fingerprint density at radius 2 is 1.75 bits per heavy atom. The number of ether oxygens (including phenoxy) is 1. The number of aromatic nitrogens is 3. The first kappa shape index (κ1) is 35.3. The van der Waals surface area contributed by atoms with E-state index < -0.39 is 5.97 Å². The summed E-state index contributed by atoms with van der Waals surface area (Å²) in [5, 5.41) is 14.5. The lowest BCUT2D eigenvalue weighted by atomic mass is 9.97. The lowest BCUT2D eigenvalue weighted by molar-refractivity contribution is -0.143. The van der Waals surface area contributed by atoms with Crippen LogP contribution in [0.3, 0.4) is 0 Å². The van der Waals surface area contributed by atoms with Crippen LogP contribution in [-0.4, -0.2) is 63.1 Å². The number of carboxylic acids is 1. The lowest BCUT2D eigenvalue weighted by Crippen LogP contribution is -2.35. The van der Waals surface area contributed by atoms with E-state index in [1.54, 1.807) is 18.4 Å². The van der Waals surface area contributed by atoms with Gasteiger partial charge >= 0.3 is 5.97 Å². The molecule has 2 fully saturated rings. The van der Waals surface area contributed by atoms with Crippen molar-refractivity contribution in [1.82, 2.24) is 25.2 Å². The zero-order valence-electron chi connectivity index (χ0n) is 28.3. The summed E-state index contributed by atoms with van der Waals surface area (Å²) in [5.41, 5.74) is 6.77. The van der Waals surface area contributed by atoms with Crippen molar-refractivity contribution in [3.63, 3.8) is 0 Å². The summed E-state index contributed by atoms with van der Waals surface area (Å²) in [6, 6.07) is 18.1. The third-order valence-corrected chi connectivity index (χ3v) is 11.8. The van der Waals surface area contributed by atoms with Crippen LogP contribution in [0.25, 0.3) is 32.6 Å². The van der Waals surface area contributed by atoms with Crippen LogP contribution in [0.2, 0.25) is 10.0 Å². The van der Waals surface area contributed by atoms with Gasteiger partial charge in [-0.15, -0.1) is 11.3 Å². The number of piperidine rings is 1. The normalized spacial score (nSPS) is 16.8. The minimum absolute atomic E-state index is 0.139. The fourth-order valence-electron chi connectivity index (χ4n) is 7.14. The van der Waals surface area contributed by atoms with Crippen molar-refractivity contribution < 1.29 is 19.4 Å². The number of pyridine rings is 2. The van der Waals surface area contributed by atoms with Crippen LogP contribution in [-0.2, 0) is 29.0 Å². The molecular formula is C39H39Cl2N5O4S. The summed E-state index contributed by atoms with van der Waals surface area (Å²) < 4.78 is 6.76. The molecule has 5 heterocycles. The molecule has 0 bridgehead atoms. The first-order valence-corrected chi connectivity index (χ1v) is 18.9. The minimum atomic E-state index is -0.703. The Labute approximate surface area is 311 Å². The Morgan fingerprint density at radius 1 is 0.980 bits per heavy atom. The number of halogens is 2. The average molecular weight is 745 g/mol. The molecule has 2 saturated heterocycles. The van der Waals surface area contributed by atoms with Crippen LogP contribution in [0, 0.1) is 5.92 Å². The Morgan fingerprint density at radius 3 is 2.49 bits per heavy atom. The van der Waals surface area contributed by atoms with E-state index in [4.69, 9.17) is 42.9 Å². The largest absolute Gasteiger partial charge is 0.481 e. The molecule has 0 aliphatic carbocycles. The van der Waals surface area contributed by atoms with Gasteiger partial charge in [-0.25, -0.2) is 9.97 Å². The number of carboxylic acid groups (broad SMARTS) is 1. The highest BCUT2D eigenvalue weighted by atomic mass is 35.5. The van der Waals surface area contributed by atoms with Crippen LogP contribution in [0.1, 0.15) is 60.4 Å². The topological polar surface area (TPSA) is 118 Å². The van der Waals surface area contributed by atoms with Gasteiger partial charge in [0.1, 0.15) is 10.5 Å². The van der Waals surface area contributed by atoms with Crippen molar-refractivity contribution in [2.24, 2.45) is 5.92 Å². The number of thiazole rings is 1. The summed E-state index contributed by atoms with van der Waals surface area (Å²) in [4.78, 5) is 39.7. The predicted molar refractivity (Wildman–Crippen MR) is 202 cm³/mol. The summed E-state index contributed by atoms with van der Waals surface area (Å²) in [6.07, 6.45) is 7.81. The number of carbonyl (C=O) groups is 2. The summed E-state index contributed by atoms with van der Waals surface area (Å²) in [7, 11) is 1.63. The molecule has 51 heavy (non-hydrogen) atoms. The third kappa shape index (κ3) is 7.89. The number of nitrogens with one attached hydrogen (secondary N) is 1. The van der Waals surface area contributed by atoms with Crippen molar-refractivity contribution in [2.45, 2.75) is 64.0 Å². The molecule has 5 aromatic rings. The fraction of sp³-hybridized carbons (Fsp3) is 0.359. The number of likely N-dealkylation sites (tertiary alicyclic amines) is 1. The van der Waals surface area contributed by atoms with Gasteiger partial charge in [0.2, 0.25) is 11.8 Å². The molecule has 2 aliphatic heterocycles. The number of methoxy groups -OCH3 is 1. The van der Waals surface area contributed by atoms with Gasteiger partial charge in [-0.1, -0.05) is 65.7 Å². The molecule has 0 spiro atoms. The average Bonchev–Trinajstić information content (AvgIpc) is 3.75. The van der Waals surface area contributed by atoms with Gasteiger partial charge in [-0.05, 0) is 69.3 Å². The van der Waals surface area contributed by atoms with Crippen molar-refractivity contribution in [1.29, 1.82) is 0 Å². The van der Waals surface area contributed by atoms with Gasteiger partial charge in [-0.2, -0.15) is 0 Å². The first-order chi connectivity index (χ1) is 24.8. The van der Waals surface area contributed by atoms with Crippen molar-refractivity contribution in [3.8, 4) is 28.3 Å². The first-order valence-electron chi connectivity index (χ1n) is 17.4. The second-order valence-electron chi connectivity index (χ2n) is 13.3. The summed E-state index contributed by atoms with van der Waals surface area (Å²) in [5.74, 6) is -0.253. The molecule has 12 heteroatoms. The second kappa shape index (κ2) is 15.7. The minimum Gasteiger partial charge on any atom is -0.481 e. The molecule has 7 rings (SSSR count). The molecule has 264 valence electrons. The zero-order valence-corrected chi connectivity index (χ0v) is 30.7. The quantitative estimate of drug-likeness (QED) is 0.131. The number of aryl methyl sites for hydroxylation is 1. The number of rotatable bonds is 12. The van der Waals surface area contributed by atoms with Crippen LogP contribution >= 0.6 is 34.5 Å². The molecule has 1 amide bonds. The molecule has 0 radical (unpaired) electrons. The standard InChI is InChI=1S/C39H39Cl2N5O4S/c1-50-38-23(5-2-7-26-12-14-33(47)43-26)11-13-30(44-38)29-10-4-9-28(36(29)41)27-8-3-6-25(35(27)40)21-31-37-32(15-18-42-31)51-34(45-37)22-46-19-16-24(17-20-46)39(48)49/h3-4,6,8-11,13,15,18,24,26H,2,5,7,12,14,16-17,19-22H2,1H3,(H,43,47)(H,48,49)/t26-/m1/s1. The third-order valence-electron chi connectivity index (χ3n) is 9.94. The molecule has 9 nitrogen and oxygen atoms in total. The molecular weight excluding hydrogens is 705 g/mol. The Kier molecular flexibility index (Phi) is 10.8. The Balaban J connectivity index is 1.09. The molecule has 0 saturated carbocycles. The monoisotopic (exact) mass is 743 g/mol. The SMILES string of the molecule is COc1nc(-c2cccc(-c3cccc(Cc4nccc5sc(CN6CCC(C(=O)O)CC6)nc45)c3Cl)c2Cl)ccc1CCC[C@@H]1CCC(=O)N1. The Hall–Kier alpha value is -4.09. The predicted octanol–water partition coefficient (Wildman–Crippen LogP) is 8.22. The van der Waals surface area contributed by atoms with E-state index >= 15 is 0 Å². The van der Waals surface area contributed by atoms with Crippen molar-refractivity contribution in [3.05, 3.63) is 92.7 Å². The number of fused-ring (bicyclic) bond motifs is 1. The maximum absolute atomic E-state index is 11.6. The van der Waals surface area contributed by atoms with E-state index in [9.17, 15) is 14.7 Å². The highest BCUT2D eigenvalue weighted by Crippen LogP contribution is 2.41. The van der Waals surface area contributed by atoms with E-state index in [1.165, 1.54) is 0 Å². The van der Waals surface area contributed by atoms with Crippen LogP contribution in [0.5, 0.6) is 5.88 Å². The van der Waals surface area contributed by atoms with E-state index in [-0.39, 0.29) is 17.9 Å². The summed E-state index contributed by atoms with van der Waals surface area (Å²) >= 11 is 15.9. The maximum Gasteiger partial charge on any atom is 0.306 e. The van der Waals surface area contributed by atoms with Gasteiger partial charge in [0.15, 0.2) is 0 Å². The number of hydrogen-bond acceptors (Lipinski definition) is 8. The highest BCUT2D eigenvalue weighted by molar-refractivity contribution is 7.18. The second-order valence-corrected chi connectivity index (χ2v) is 15.2. The number of benzene rings is 2. The molecule has 2 aliphatic rings. The van der Waals surface area contributed by atoms with Crippen LogP contribution in [0.4, 0.5) is 0 Å². The Bertz CT molecular complexity index is 2080. The molecule has 2 aromatic carbocycles. The van der Waals surface area contributed by atoms with Crippen molar-refractivity contribution >= 4 is 56.6 Å². The number of nitrogens with zero attached hydrogens (tertiary/aromatic N) is 4. The molecule has 2 N–H and O–H groups in total. The van der Waals surface area contributed by atoms with E-state index in [0.29, 0.717) is 53.8 Å². The molecule has 0 unspecified atom stereocenters. The number of carbonyl (C=O) groups excluding carboxylic acids is 1. The fourth-order valence-corrected chi connectivity index (χ4v) is 8.79. The number of amides is 1. The van der Waals surface area contributed by atoms with E-state index in [2.05, 4.69) is 10.2 Å². The smallest absolute Gasteiger partial charge is 0.306 e. The summed E-state index contributed by atoms with van der Waals surface area (Å²) in [6.45, 7) is 2.20.